The van der Waals surface area contributed by atoms with E-state index in [4.69, 9.17) is 15.8 Å². The van der Waals surface area contributed by atoms with E-state index in [2.05, 4.69) is 5.32 Å². The highest BCUT2D eigenvalue weighted by Gasteiger charge is 2.33. The number of hydrogen-bond donors (Lipinski definition) is 2. The average molecular weight is 280 g/mol. The van der Waals surface area contributed by atoms with Crippen molar-refractivity contribution >= 4 is 26.8 Å². The molecule has 0 aliphatic carbocycles. The molecule has 0 saturated heterocycles. The Morgan fingerprint density at radius 2 is 2.18 bits per heavy atom. The third-order valence-corrected chi connectivity index (χ3v) is 3.38. The van der Waals surface area contributed by atoms with Gasteiger partial charge in [0.2, 0.25) is 0 Å². The van der Waals surface area contributed by atoms with Gasteiger partial charge in [0, 0.05) is 5.56 Å². The van der Waals surface area contributed by atoms with Gasteiger partial charge in [0.15, 0.2) is 0 Å². The molecule has 0 saturated carbocycles. The standard InChI is InChI=1S/C10H11ClFNO3S/c1-10(6-17(11)16,13-9(14)15)7-4-2-3-5-8(7)12/h2-5,13H,6H2,1H3,(H,14,15)/t10-,17?/m0/s1. The minimum Gasteiger partial charge on any atom is -0.465 e. The summed E-state index contributed by atoms with van der Waals surface area (Å²) in [4.78, 5) is 10.7. The molecule has 0 bridgehead atoms. The van der Waals surface area contributed by atoms with Gasteiger partial charge in [0.1, 0.15) is 15.8 Å². The fourth-order valence-electron chi connectivity index (χ4n) is 1.55. The molecule has 0 radical (unpaired) electrons. The molecule has 2 atom stereocenters. The zero-order valence-electron chi connectivity index (χ0n) is 8.94. The molecule has 0 heterocycles. The Hall–Kier alpha value is -1.14. The molecule has 1 amide bonds. The molecule has 1 aromatic rings. The molecule has 1 rings (SSSR count). The topological polar surface area (TPSA) is 66.4 Å². The van der Waals surface area contributed by atoms with E-state index in [9.17, 15) is 13.4 Å². The molecule has 0 spiro atoms. The molecule has 94 valence electrons. The highest BCUT2D eigenvalue weighted by atomic mass is 35.7. The second-order valence-corrected chi connectivity index (χ2v) is 5.58. The lowest BCUT2D eigenvalue weighted by molar-refractivity contribution is 0.182. The smallest absolute Gasteiger partial charge is 0.405 e. The van der Waals surface area contributed by atoms with E-state index in [-0.39, 0.29) is 11.3 Å². The lowest BCUT2D eigenvalue weighted by Gasteiger charge is -2.28. The van der Waals surface area contributed by atoms with E-state index >= 15 is 0 Å². The van der Waals surface area contributed by atoms with Crippen molar-refractivity contribution in [2.45, 2.75) is 12.5 Å². The number of carboxylic acid groups (broad SMARTS) is 1. The molecule has 0 aliphatic heterocycles. The molecule has 7 heteroatoms. The van der Waals surface area contributed by atoms with E-state index in [0.29, 0.717) is 0 Å². The van der Waals surface area contributed by atoms with Gasteiger partial charge in [-0.15, -0.1) is 0 Å². The maximum atomic E-state index is 13.6. The van der Waals surface area contributed by atoms with Gasteiger partial charge in [-0.2, -0.15) is 0 Å². The van der Waals surface area contributed by atoms with Gasteiger partial charge in [-0.05, 0) is 23.7 Å². The van der Waals surface area contributed by atoms with E-state index in [0.717, 1.165) is 0 Å². The molecular formula is C10H11ClFNO3S. The van der Waals surface area contributed by atoms with Gasteiger partial charge in [-0.3, -0.25) is 0 Å². The van der Waals surface area contributed by atoms with Gasteiger partial charge < -0.3 is 10.4 Å². The Kier molecular flexibility index (Phi) is 4.47. The fourth-order valence-corrected chi connectivity index (χ4v) is 2.89. The van der Waals surface area contributed by atoms with Crippen LogP contribution < -0.4 is 5.32 Å². The summed E-state index contributed by atoms with van der Waals surface area (Å²) in [5.74, 6) is -0.798. The number of rotatable bonds is 4. The highest BCUT2D eigenvalue weighted by Crippen LogP contribution is 2.25. The summed E-state index contributed by atoms with van der Waals surface area (Å²) in [7, 11) is 3.58. The van der Waals surface area contributed by atoms with Gasteiger partial charge in [-0.25, -0.2) is 13.4 Å². The minimum absolute atomic E-state index is 0.108. The summed E-state index contributed by atoms with van der Waals surface area (Å²) in [6.07, 6.45) is -1.34. The zero-order chi connectivity index (χ0) is 13.1. The first-order valence-corrected chi connectivity index (χ1v) is 6.80. The average Bonchev–Trinajstić information content (AvgIpc) is 2.15. The molecule has 0 aliphatic rings. The normalized spacial score (nSPS) is 15.9. The van der Waals surface area contributed by atoms with E-state index in [1.54, 1.807) is 6.07 Å². The summed E-state index contributed by atoms with van der Waals surface area (Å²) in [6, 6.07) is 5.68. The van der Waals surface area contributed by atoms with Crippen LogP contribution in [0.25, 0.3) is 0 Å². The van der Waals surface area contributed by atoms with Crippen LogP contribution in [-0.4, -0.2) is 21.2 Å². The Balaban J connectivity index is 3.18. The van der Waals surface area contributed by atoms with Crippen molar-refractivity contribution in [2.75, 3.05) is 5.75 Å². The molecule has 4 nitrogen and oxygen atoms in total. The van der Waals surface area contributed by atoms with Crippen LogP contribution in [0.15, 0.2) is 24.3 Å². The van der Waals surface area contributed by atoms with Crippen molar-refractivity contribution < 1.29 is 18.5 Å². The second kappa shape index (κ2) is 5.46. The van der Waals surface area contributed by atoms with Gasteiger partial charge >= 0.3 is 6.09 Å². The summed E-state index contributed by atoms with van der Waals surface area (Å²) in [6.45, 7) is 1.43. The van der Waals surface area contributed by atoms with Crippen LogP contribution >= 0.6 is 10.7 Å². The van der Waals surface area contributed by atoms with Gasteiger partial charge in [0.05, 0.1) is 11.3 Å². The third kappa shape index (κ3) is 3.67. The Labute approximate surface area is 105 Å². The fraction of sp³-hybridized carbons (Fsp3) is 0.300. The van der Waals surface area contributed by atoms with Gasteiger partial charge in [-0.1, -0.05) is 18.2 Å². The van der Waals surface area contributed by atoms with Crippen LogP contribution in [0.1, 0.15) is 12.5 Å². The summed E-state index contributed by atoms with van der Waals surface area (Å²) in [5.41, 5.74) is -1.22. The third-order valence-electron chi connectivity index (χ3n) is 2.25. The van der Waals surface area contributed by atoms with E-state index in [1.807, 2.05) is 0 Å². The Morgan fingerprint density at radius 3 is 2.65 bits per heavy atom. The summed E-state index contributed by atoms with van der Waals surface area (Å²) >= 11 is 0. The van der Waals surface area contributed by atoms with Crippen LogP contribution in [0.2, 0.25) is 0 Å². The lowest BCUT2D eigenvalue weighted by Crippen LogP contribution is -2.46. The quantitative estimate of drug-likeness (QED) is 0.831. The summed E-state index contributed by atoms with van der Waals surface area (Å²) < 4.78 is 24.7. The first-order valence-electron chi connectivity index (χ1n) is 4.66. The predicted molar refractivity (Wildman–Crippen MR) is 63.8 cm³/mol. The molecule has 1 aromatic carbocycles. The number of amides is 1. The van der Waals surface area contributed by atoms with Crippen molar-refractivity contribution in [2.24, 2.45) is 0 Å². The number of carbonyl (C=O) groups is 1. The van der Waals surface area contributed by atoms with Crippen LogP contribution in [-0.2, 0) is 15.6 Å². The van der Waals surface area contributed by atoms with Crippen molar-refractivity contribution in [3.63, 3.8) is 0 Å². The van der Waals surface area contributed by atoms with Crippen molar-refractivity contribution in [3.8, 4) is 0 Å². The van der Waals surface area contributed by atoms with Crippen LogP contribution in [0.4, 0.5) is 9.18 Å². The second-order valence-electron chi connectivity index (χ2n) is 3.68. The van der Waals surface area contributed by atoms with E-state index < -0.39 is 27.5 Å². The van der Waals surface area contributed by atoms with Crippen molar-refractivity contribution in [3.05, 3.63) is 35.6 Å². The number of halogens is 2. The first kappa shape index (κ1) is 13.9. The Bertz CT molecular complexity index is 439. The van der Waals surface area contributed by atoms with Crippen LogP contribution in [0.5, 0.6) is 0 Å². The van der Waals surface area contributed by atoms with Crippen LogP contribution in [0, 0.1) is 5.82 Å². The number of nitrogens with one attached hydrogen (secondary N) is 1. The van der Waals surface area contributed by atoms with E-state index in [1.165, 1.54) is 25.1 Å². The molecule has 17 heavy (non-hydrogen) atoms. The molecular weight excluding hydrogens is 269 g/mol. The van der Waals surface area contributed by atoms with Crippen molar-refractivity contribution in [1.29, 1.82) is 0 Å². The monoisotopic (exact) mass is 279 g/mol. The Morgan fingerprint density at radius 1 is 1.59 bits per heavy atom. The van der Waals surface area contributed by atoms with Crippen LogP contribution in [0.3, 0.4) is 0 Å². The highest BCUT2D eigenvalue weighted by molar-refractivity contribution is 8.08. The molecule has 0 aromatic heterocycles. The number of benzene rings is 1. The maximum Gasteiger partial charge on any atom is 0.405 e. The first-order chi connectivity index (χ1) is 7.85. The van der Waals surface area contributed by atoms with Crippen molar-refractivity contribution in [1.82, 2.24) is 5.32 Å². The molecule has 2 N–H and O–H groups in total. The SMILES string of the molecule is C[C@@](CS(=O)Cl)(NC(=O)O)c1ccccc1F. The molecule has 1 unspecified atom stereocenters. The summed E-state index contributed by atoms with van der Waals surface area (Å²) in [5, 5.41) is 10.9. The molecule has 0 fully saturated rings. The zero-order valence-corrected chi connectivity index (χ0v) is 10.5. The minimum atomic E-state index is -1.78. The maximum absolute atomic E-state index is 13.6. The largest absolute Gasteiger partial charge is 0.465 e. The number of hydrogen-bond acceptors (Lipinski definition) is 2. The predicted octanol–water partition coefficient (Wildman–Crippen LogP) is 2.21. The lowest BCUT2D eigenvalue weighted by atomic mass is 9.94. The van der Waals surface area contributed by atoms with Gasteiger partial charge in [0.25, 0.3) is 0 Å².